The van der Waals surface area contributed by atoms with Gasteiger partial charge in [-0.2, -0.15) is 0 Å². The fraction of sp³-hybridized carbons (Fsp3) is 0.250. The molecule has 2 aliphatic heterocycles. The smallest absolute Gasteiger partial charge is 0.341 e. The molecule has 0 bridgehead atoms. The predicted molar refractivity (Wildman–Crippen MR) is 100 cm³/mol. The average molecular weight is 351 g/mol. The zero-order valence-electron chi connectivity index (χ0n) is 14.6. The van der Waals surface area contributed by atoms with E-state index in [1.54, 1.807) is 0 Å². The quantitative estimate of drug-likeness (QED) is 0.586. The number of carboxylic acid groups (broad SMARTS) is 1. The van der Waals surface area contributed by atoms with E-state index in [4.69, 9.17) is 0 Å². The van der Waals surface area contributed by atoms with Crippen molar-refractivity contribution >= 4 is 22.6 Å². The number of aliphatic carboxylic acids is 1. The number of hydrogen-bond donors (Lipinski definition) is 5. The Morgan fingerprint density at radius 1 is 1.35 bits per heavy atom. The minimum atomic E-state index is -1.19. The molecule has 5 N–H and O–H groups in total. The van der Waals surface area contributed by atoms with E-state index in [1.165, 1.54) is 16.6 Å². The number of H-pyrrole nitrogens is 1. The van der Waals surface area contributed by atoms with Crippen LogP contribution in [0, 0.1) is 0 Å². The van der Waals surface area contributed by atoms with Crippen LogP contribution in [0.3, 0.4) is 0 Å². The largest absolute Gasteiger partial charge is 0.507 e. The number of allylic oxidation sites excluding steroid dienone is 1. The molecule has 3 heterocycles. The van der Waals surface area contributed by atoms with Crippen LogP contribution >= 0.6 is 0 Å². The molecule has 0 radical (unpaired) electrons. The van der Waals surface area contributed by atoms with Crippen LogP contribution in [0.2, 0.25) is 0 Å². The maximum Gasteiger partial charge on any atom is 0.341 e. The van der Waals surface area contributed by atoms with Crippen molar-refractivity contribution in [2.24, 2.45) is 0 Å². The van der Waals surface area contributed by atoms with Gasteiger partial charge in [0.2, 0.25) is 0 Å². The van der Waals surface area contributed by atoms with Crippen molar-refractivity contribution in [3.05, 3.63) is 64.2 Å². The molecule has 0 unspecified atom stereocenters. The molecule has 0 spiro atoms. The number of nitrogens with one attached hydrogen (secondary N) is 3. The Bertz CT molecular complexity index is 1010. The maximum absolute atomic E-state index is 11.4. The summed E-state index contributed by atoms with van der Waals surface area (Å²) in [5.41, 5.74) is 5.79. The lowest BCUT2D eigenvalue weighted by Gasteiger charge is -2.24. The molecule has 6 nitrogen and oxygen atoms in total. The number of aromatic amines is 1. The van der Waals surface area contributed by atoms with Crippen LogP contribution in [0.4, 0.5) is 0 Å². The lowest BCUT2D eigenvalue weighted by molar-refractivity contribution is -0.132. The van der Waals surface area contributed by atoms with E-state index >= 15 is 0 Å². The molecule has 0 saturated carbocycles. The van der Waals surface area contributed by atoms with Gasteiger partial charge >= 0.3 is 5.97 Å². The summed E-state index contributed by atoms with van der Waals surface area (Å²) >= 11 is 0. The first-order valence-electron chi connectivity index (χ1n) is 8.72. The predicted octanol–water partition coefficient (Wildman–Crippen LogP) is 2.95. The van der Waals surface area contributed by atoms with E-state index in [-0.39, 0.29) is 17.0 Å². The summed E-state index contributed by atoms with van der Waals surface area (Å²) in [5, 5.41) is 27.5. The van der Waals surface area contributed by atoms with Crippen molar-refractivity contribution in [1.29, 1.82) is 0 Å². The van der Waals surface area contributed by atoms with Crippen LogP contribution in [0.5, 0.6) is 0 Å². The molecule has 4 rings (SSSR count). The molecule has 1 aromatic heterocycles. The van der Waals surface area contributed by atoms with Crippen LogP contribution in [0.1, 0.15) is 30.2 Å². The summed E-state index contributed by atoms with van der Waals surface area (Å²) in [4.78, 5) is 14.9. The number of fused-ring (bicyclic) bond motifs is 3. The number of benzene rings is 1. The Morgan fingerprint density at radius 2 is 2.15 bits per heavy atom. The Morgan fingerprint density at radius 3 is 2.88 bits per heavy atom. The van der Waals surface area contributed by atoms with Crippen LogP contribution < -0.4 is 10.6 Å². The molecule has 0 fully saturated rings. The van der Waals surface area contributed by atoms with Crippen molar-refractivity contribution in [3.8, 4) is 0 Å². The molecular formula is C20H21N3O3. The highest BCUT2D eigenvalue weighted by Crippen LogP contribution is 2.34. The van der Waals surface area contributed by atoms with E-state index in [2.05, 4.69) is 28.3 Å². The van der Waals surface area contributed by atoms with Gasteiger partial charge in [-0.15, -0.1) is 0 Å². The number of aromatic nitrogens is 1. The Hall–Kier alpha value is -2.99. The second-order valence-electron chi connectivity index (χ2n) is 6.61. The molecule has 0 aliphatic carbocycles. The molecule has 0 atom stereocenters. The zero-order chi connectivity index (χ0) is 18.4. The maximum atomic E-state index is 11.4. The minimum absolute atomic E-state index is 0.173. The number of carboxylic acids is 1. The number of aliphatic hydroxyl groups is 1. The molecule has 134 valence electrons. The van der Waals surface area contributed by atoms with Gasteiger partial charge in [0.05, 0.1) is 5.70 Å². The first kappa shape index (κ1) is 16.5. The molecular weight excluding hydrogens is 330 g/mol. The van der Waals surface area contributed by atoms with E-state index in [0.717, 1.165) is 30.6 Å². The summed E-state index contributed by atoms with van der Waals surface area (Å²) in [6.45, 7) is 7.48. The summed E-state index contributed by atoms with van der Waals surface area (Å²) in [6, 6.07) is 6.11. The standard InChI is InChI=1S/C20H21N3O3/c1-3-12-18(22-10(2)17(19(12)24)20(25)26)11-4-5-13-14-9-21-7-6-15(14)23-16(13)8-11/h4-5,8,21-24H,2-3,6-7,9H2,1H3,(H,25,26). The molecule has 0 amide bonds. The van der Waals surface area contributed by atoms with Gasteiger partial charge in [0.15, 0.2) is 0 Å². The lowest BCUT2D eigenvalue weighted by atomic mass is 9.94. The van der Waals surface area contributed by atoms with Gasteiger partial charge < -0.3 is 25.8 Å². The normalized spacial score (nSPS) is 17.5. The van der Waals surface area contributed by atoms with Gasteiger partial charge in [-0.3, -0.25) is 0 Å². The molecule has 0 saturated heterocycles. The van der Waals surface area contributed by atoms with Crippen LogP contribution in [0.25, 0.3) is 16.6 Å². The zero-order valence-corrected chi connectivity index (χ0v) is 14.6. The molecule has 26 heavy (non-hydrogen) atoms. The van der Waals surface area contributed by atoms with Crippen LogP contribution in [-0.4, -0.2) is 27.7 Å². The van der Waals surface area contributed by atoms with Crippen LogP contribution in [-0.2, 0) is 17.8 Å². The number of rotatable bonds is 3. The second-order valence-corrected chi connectivity index (χ2v) is 6.61. The van der Waals surface area contributed by atoms with Gasteiger partial charge in [-0.05, 0) is 18.1 Å². The van der Waals surface area contributed by atoms with Crippen LogP contribution in [0.15, 0.2) is 47.4 Å². The first-order chi connectivity index (χ1) is 12.5. The fourth-order valence-electron chi connectivity index (χ4n) is 3.83. The summed E-state index contributed by atoms with van der Waals surface area (Å²) in [7, 11) is 0. The molecule has 2 aliphatic rings. The molecule has 2 aromatic rings. The molecule has 1 aromatic carbocycles. The Labute approximate surface area is 150 Å². The van der Waals surface area contributed by atoms with Gasteiger partial charge in [0.1, 0.15) is 11.3 Å². The van der Waals surface area contributed by atoms with Crippen molar-refractivity contribution in [2.75, 3.05) is 6.54 Å². The second kappa shape index (κ2) is 6.07. The Balaban J connectivity index is 1.87. The third kappa shape index (κ3) is 2.42. The highest BCUT2D eigenvalue weighted by Gasteiger charge is 2.28. The fourth-order valence-corrected chi connectivity index (χ4v) is 3.83. The van der Waals surface area contributed by atoms with E-state index < -0.39 is 5.97 Å². The van der Waals surface area contributed by atoms with Gasteiger partial charge in [-0.25, -0.2) is 4.79 Å². The van der Waals surface area contributed by atoms with Gasteiger partial charge in [0, 0.05) is 52.9 Å². The summed E-state index contributed by atoms with van der Waals surface area (Å²) < 4.78 is 0. The highest BCUT2D eigenvalue weighted by atomic mass is 16.4. The van der Waals surface area contributed by atoms with Crippen molar-refractivity contribution in [3.63, 3.8) is 0 Å². The van der Waals surface area contributed by atoms with Crippen molar-refractivity contribution in [2.45, 2.75) is 26.3 Å². The first-order valence-corrected chi connectivity index (χ1v) is 8.72. The lowest BCUT2D eigenvalue weighted by Crippen LogP contribution is -2.25. The van der Waals surface area contributed by atoms with E-state index in [0.29, 0.717) is 17.7 Å². The third-order valence-electron chi connectivity index (χ3n) is 5.11. The Kier molecular flexibility index (Phi) is 3.85. The minimum Gasteiger partial charge on any atom is -0.507 e. The highest BCUT2D eigenvalue weighted by molar-refractivity contribution is 5.97. The summed E-state index contributed by atoms with van der Waals surface area (Å²) in [6.07, 6.45) is 1.48. The summed E-state index contributed by atoms with van der Waals surface area (Å²) in [5.74, 6) is -1.40. The van der Waals surface area contributed by atoms with Gasteiger partial charge in [0.25, 0.3) is 0 Å². The SMILES string of the molecule is C=C1NC(c2ccc3c4c([nH]c3c2)CCNC4)=C(CC)C(O)=C1C(=O)O. The van der Waals surface area contributed by atoms with E-state index in [9.17, 15) is 15.0 Å². The van der Waals surface area contributed by atoms with Gasteiger partial charge in [-0.1, -0.05) is 25.6 Å². The van der Waals surface area contributed by atoms with E-state index in [1.807, 2.05) is 19.1 Å². The van der Waals surface area contributed by atoms with Crippen molar-refractivity contribution in [1.82, 2.24) is 15.6 Å². The number of carbonyl (C=O) groups is 1. The molecule has 6 heteroatoms. The topological polar surface area (TPSA) is 97.4 Å². The van der Waals surface area contributed by atoms with Crippen molar-refractivity contribution < 1.29 is 15.0 Å². The third-order valence-corrected chi connectivity index (χ3v) is 5.11. The number of hydrogen-bond acceptors (Lipinski definition) is 4. The monoisotopic (exact) mass is 351 g/mol. The number of aliphatic hydroxyl groups excluding tert-OH is 1. The average Bonchev–Trinajstić information content (AvgIpc) is 2.98. The number of dihydropyridines is 1.